The summed E-state index contributed by atoms with van der Waals surface area (Å²) in [5.41, 5.74) is 1.36. The lowest BCUT2D eigenvalue weighted by atomic mass is 9.73. The van der Waals surface area contributed by atoms with Gasteiger partial charge in [0.25, 0.3) is 0 Å². The molecule has 3 unspecified atom stereocenters. The molecular weight excluding hydrogens is 227 g/mol. The van der Waals surface area contributed by atoms with Crippen LogP contribution >= 0.6 is 0 Å². The van der Waals surface area contributed by atoms with Crippen LogP contribution in [0.25, 0.3) is 0 Å². The van der Waals surface area contributed by atoms with Crippen molar-refractivity contribution in [3.8, 4) is 0 Å². The Labute approximate surface area is 108 Å². The SMILES string of the molecule is Cc1cc(F)cc(C(=O)C2CCC(C)C(C)C2)c1. The van der Waals surface area contributed by atoms with Crippen LogP contribution in [-0.4, -0.2) is 5.78 Å². The standard InChI is InChI=1S/C16H21FO/c1-10-6-14(9-15(17)7-10)16(18)13-5-4-11(2)12(3)8-13/h6-7,9,11-13H,4-5,8H2,1-3H3. The number of ketones is 1. The summed E-state index contributed by atoms with van der Waals surface area (Å²) in [6.07, 6.45) is 2.99. The van der Waals surface area contributed by atoms with E-state index in [-0.39, 0.29) is 17.5 Å². The molecule has 2 rings (SSSR count). The first-order valence-corrected chi connectivity index (χ1v) is 6.78. The number of carbonyl (C=O) groups is 1. The topological polar surface area (TPSA) is 17.1 Å². The van der Waals surface area contributed by atoms with Crippen LogP contribution in [0.2, 0.25) is 0 Å². The smallest absolute Gasteiger partial charge is 0.166 e. The monoisotopic (exact) mass is 248 g/mol. The zero-order valence-corrected chi connectivity index (χ0v) is 11.4. The molecule has 1 saturated carbocycles. The van der Waals surface area contributed by atoms with Gasteiger partial charge in [-0.25, -0.2) is 4.39 Å². The maximum absolute atomic E-state index is 13.3. The number of rotatable bonds is 2. The maximum atomic E-state index is 13.3. The van der Waals surface area contributed by atoms with Crippen molar-refractivity contribution in [1.82, 2.24) is 0 Å². The van der Waals surface area contributed by atoms with Crippen LogP contribution in [0.15, 0.2) is 18.2 Å². The molecule has 0 saturated heterocycles. The Balaban J connectivity index is 2.16. The van der Waals surface area contributed by atoms with Gasteiger partial charge in [0.1, 0.15) is 5.82 Å². The maximum Gasteiger partial charge on any atom is 0.166 e. The highest BCUT2D eigenvalue weighted by Crippen LogP contribution is 2.35. The molecule has 2 heteroatoms. The van der Waals surface area contributed by atoms with E-state index in [0.29, 0.717) is 17.4 Å². The molecule has 1 aromatic carbocycles. The van der Waals surface area contributed by atoms with Crippen LogP contribution in [0.5, 0.6) is 0 Å². The zero-order valence-electron chi connectivity index (χ0n) is 11.4. The molecule has 0 spiro atoms. The molecule has 1 aliphatic rings. The number of halogens is 1. The molecule has 0 radical (unpaired) electrons. The van der Waals surface area contributed by atoms with E-state index in [9.17, 15) is 9.18 Å². The highest BCUT2D eigenvalue weighted by Gasteiger charge is 2.29. The lowest BCUT2D eigenvalue weighted by molar-refractivity contribution is 0.0837. The van der Waals surface area contributed by atoms with Crippen LogP contribution in [0, 0.1) is 30.5 Å². The molecule has 0 aromatic heterocycles. The zero-order chi connectivity index (χ0) is 13.3. The average Bonchev–Trinajstić information content (AvgIpc) is 2.30. The van der Waals surface area contributed by atoms with Crippen molar-refractivity contribution in [2.24, 2.45) is 17.8 Å². The van der Waals surface area contributed by atoms with E-state index in [4.69, 9.17) is 0 Å². The molecule has 0 aliphatic heterocycles. The van der Waals surface area contributed by atoms with Gasteiger partial charge < -0.3 is 0 Å². The Morgan fingerprint density at radius 2 is 1.89 bits per heavy atom. The molecule has 0 N–H and O–H groups in total. The minimum absolute atomic E-state index is 0.0809. The van der Waals surface area contributed by atoms with Gasteiger partial charge in [-0.3, -0.25) is 4.79 Å². The normalized spacial score (nSPS) is 28.1. The molecule has 0 heterocycles. The van der Waals surface area contributed by atoms with Gasteiger partial charge in [-0.15, -0.1) is 0 Å². The highest BCUT2D eigenvalue weighted by molar-refractivity contribution is 5.98. The number of aryl methyl sites for hydroxylation is 1. The highest BCUT2D eigenvalue weighted by atomic mass is 19.1. The van der Waals surface area contributed by atoms with Gasteiger partial charge in [-0.05, 0) is 61.8 Å². The Bertz CT molecular complexity index is 432. The van der Waals surface area contributed by atoms with E-state index >= 15 is 0 Å². The van der Waals surface area contributed by atoms with Gasteiger partial charge in [0.15, 0.2) is 5.78 Å². The fraction of sp³-hybridized carbons (Fsp3) is 0.562. The summed E-state index contributed by atoms with van der Waals surface area (Å²) in [4.78, 5) is 12.4. The second-order valence-corrected chi connectivity index (χ2v) is 5.85. The minimum atomic E-state index is -0.310. The van der Waals surface area contributed by atoms with Crippen molar-refractivity contribution in [3.05, 3.63) is 35.1 Å². The molecular formula is C16H21FO. The Morgan fingerprint density at radius 1 is 1.17 bits per heavy atom. The van der Waals surface area contributed by atoms with Gasteiger partial charge >= 0.3 is 0 Å². The summed E-state index contributed by atoms with van der Waals surface area (Å²) in [5, 5.41) is 0. The second-order valence-electron chi connectivity index (χ2n) is 5.85. The molecule has 1 aliphatic carbocycles. The molecule has 0 bridgehead atoms. The fourth-order valence-electron chi connectivity index (χ4n) is 2.90. The van der Waals surface area contributed by atoms with E-state index in [1.807, 2.05) is 6.92 Å². The first kappa shape index (κ1) is 13.3. The van der Waals surface area contributed by atoms with Crippen LogP contribution in [-0.2, 0) is 0 Å². The average molecular weight is 248 g/mol. The third-order valence-electron chi connectivity index (χ3n) is 4.30. The van der Waals surface area contributed by atoms with Crippen LogP contribution in [0.1, 0.15) is 49.0 Å². The van der Waals surface area contributed by atoms with Crippen molar-refractivity contribution in [2.75, 3.05) is 0 Å². The molecule has 98 valence electrons. The number of hydrogen-bond donors (Lipinski definition) is 0. The number of benzene rings is 1. The van der Waals surface area contributed by atoms with Gasteiger partial charge in [0.05, 0.1) is 0 Å². The van der Waals surface area contributed by atoms with E-state index in [1.165, 1.54) is 12.1 Å². The fourth-order valence-corrected chi connectivity index (χ4v) is 2.90. The van der Waals surface area contributed by atoms with Crippen LogP contribution in [0.4, 0.5) is 4.39 Å². The van der Waals surface area contributed by atoms with E-state index < -0.39 is 0 Å². The van der Waals surface area contributed by atoms with E-state index in [0.717, 1.165) is 24.8 Å². The molecule has 1 aromatic rings. The first-order valence-electron chi connectivity index (χ1n) is 6.78. The number of Topliss-reactive ketones (excluding diaryl/α,β-unsaturated/α-hetero) is 1. The summed E-state index contributed by atoms with van der Waals surface area (Å²) < 4.78 is 13.3. The Morgan fingerprint density at radius 3 is 2.50 bits per heavy atom. The Hall–Kier alpha value is -1.18. The summed E-state index contributed by atoms with van der Waals surface area (Å²) in [7, 11) is 0. The van der Waals surface area contributed by atoms with Gasteiger partial charge in [-0.2, -0.15) is 0 Å². The number of hydrogen-bond acceptors (Lipinski definition) is 1. The minimum Gasteiger partial charge on any atom is -0.294 e. The second kappa shape index (κ2) is 5.21. The summed E-state index contributed by atoms with van der Waals surface area (Å²) in [6.45, 7) is 6.28. The lowest BCUT2D eigenvalue weighted by Gasteiger charge is -2.31. The third kappa shape index (κ3) is 2.80. The summed E-state index contributed by atoms with van der Waals surface area (Å²) in [5.74, 6) is 1.18. The Kier molecular flexibility index (Phi) is 3.84. The van der Waals surface area contributed by atoms with Crippen molar-refractivity contribution in [3.63, 3.8) is 0 Å². The van der Waals surface area contributed by atoms with Crippen molar-refractivity contribution < 1.29 is 9.18 Å². The van der Waals surface area contributed by atoms with Gasteiger partial charge in [0.2, 0.25) is 0 Å². The quantitative estimate of drug-likeness (QED) is 0.709. The van der Waals surface area contributed by atoms with E-state index in [1.54, 1.807) is 6.07 Å². The molecule has 3 atom stereocenters. The van der Waals surface area contributed by atoms with Crippen molar-refractivity contribution in [2.45, 2.75) is 40.0 Å². The molecule has 0 amide bonds. The van der Waals surface area contributed by atoms with Crippen LogP contribution in [0.3, 0.4) is 0 Å². The van der Waals surface area contributed by atoms with E-state index in [2.05, 4.69) is 13.8 Å². The van der Waals surface area contributed by atoms with Gasteiger partial charge in [0, 0.05) is 11.5 Å². The first-order chi connectivity index (χ1) is 8.47. The molecule has 18 heavy (non-hydrogen) atoms. The largest absolute Gasteiger partial charge is 0.294 e. The van der Waals surface area contributed by atoms with Crippen molar-refractivity contribution in [1.29, 1.82) is 0 Å². The van der Waals surface area contributed by atoms with Crippen LogP contribution < -0.4 is 0 Å². The van der Waals surface area contributed by atoms with Crippen molar-refractivity contribution >= 4 is 5.78 Å². The van der Waals surface area contributed by atoms with Gasteiger partial charge in [-0.1, -0.05) is 13.8 Å². The summed E-state index contributed by atoms with van der Waals surface area (Å²) in [6, 6.07) is 4.63. The predicted octanol–water partition coefficient (Wildman–Crippen LogP) is 4.39. The molecule has 1 fully saturated rings. The lowest BCUT2D eigenvalue weighted by Crippen LogP contribution is -2.26. The molecule has 1 nitrogen and oxygen atoms in total. The summed E-state index contributed by atoms with van der Waals surface area (Å²) >= 11 is 0. The predicted molar refractivity (Wildman–Crippen MR) is 71.1 cm³/mol. The number of carbonyl (C=O) groups excluding carboxylic acids is 1. The third-order valence-corrected chi connectivity index (χ3v) is 4.30.